The molecule has 1 fully saturated rings. The second kappa shape index (κ2) is 6.95. The van der Waals surface area contributed by atoms with Crippen molar-refractivity contribution in [1.82, 2.24) is 19.9 Å². The number of rotatable bonds is 5. The van der Waals surface area contributed by atoms with E-state index >= 15 is 0 Å². The molecule has 1 saturated heterocycles. The molecule has 2 aromatic heterocycles. The molecule has 0 N–H and O–H groups in total. The van der Waals surface area contributed by atoms with E-state index < -0.39 is 0 Å². The fraction of sp³-hybridized carbons (Fsp3) is 0.444. The molecule has 0 aliphatic carbocycles. The fourth-order valence-electron chi connectivity index (χ4n) is 2.96. The summed E-state index contributed by atoms with van der Waals surface area (Å²) in [6, 6.07) is 8.05. The van der Waals surface area contributed by atoms with E-state index in [4.69, 9.17) is 0 Å². The second-order valence-electron chi connectivity index (χ2n) is 6.21. The van der Waals surface area contributed by atoms with Gasteiger partial charge in [0.2, 0.25) is 5.91 Å². The highest BCUT2D eigenvalue weighted by Crippen LogP contribution is 2.33. The van der Waals surface area contributed by atoms with E-state index in [2.05, 4.69) is 19.9 Å². The van der Waals surface area contributed by atoms with Crippen molar-refractivity contribution in [3.63, 3.8) is 0 Å². The van der Waals surface area contributed by atoms with Crippen LogP contribution in [0.1, 0.15) is 36.6 Å². The van der Waals surface area contributed by atoms with Gasteiger partial charge in [0, 0.05) is 51.4 Å². The Morgan fingerprint density at radius 1 is 1.38 bits per heavy atom. The Morgan fingerprint density at radius 3 is 2.83 bits per heavy atom. The van der Waals surface area contributed by atoms with Gasteiger partial charge in [0.1, 0.15) is 11.6 Å². The first-order valence-electron chi connectivity index (χ1n) is 8.28. The minimum absolute atomic E-state index is 0.0899. The number of carbonyl (C=O) groups is 1. The molecule has 0 aromatic carbocycles. The lowest BCUT2D eigenvalue weighted by molar-refractivity contribution is -0.136. The summed E-state index contributed by atoms with van der Waals surface area (Å²) in [6.07, 6.45) is 3.64. The van der Waals surface area contributed by atoms with Crippen molar-refractivity contribution >= 4 is 11.7 Å². The van der Waals surface area contributed by atoms with E-state index in [9.17, 15) is 4.79 Å². The van der Waals surface area contributed by atoms with Crippen LogP contribution in [0, 0.1) is 6.92 Å². The monoisotopic (exact) mass is 325 g/mol. The van der Waals surface area contributed by atoms with Gasteiger partial charge in [-0.2, -0.15) is 0 Å². The Hall–Kier alpha value is -2.50. The summed E-state index contributed by atoms with van der Waals surface area (Å²) in [7, 11) is 2.03. The molecule has 3 rings (SSSR count). The van der Waals surface area contributed by atoms with Crippen LogP contribution in [0.4, 0.5) is 5.82 Å². The quantitative estimate of drug-likeness (QED) is 0.843. The molecule has 6 nitrogen and oxygen atoms in total. The summed E-state index contributed by atoms with van der Waals surface area (Å²) in [5.74, 6) is 1.74. The van der Waals surface area contributed by atoms with Gasteiger partial charge in [0.15, 0.2) is 0 Å². The summed E-state index contributed by atoms with van der Waals surface area (Å²) in [5, 5.41) is 0. The molecule has 1 atom stereocenters. The van der Waals surface area contributed by atoms with Crippen LogP contribution < -0.4 is 4.90 Å². The van der Waals surface area contributed by atoms with Gasteiger partial charge in [-0.1, -0.05) is 6.07 Å². The van der Waals surface area contributed by atoms with Crippen molar-refractivity contribution < 1.29 is 4.79 Å². The fourth-order valence-corrected chi connectivity index (χ4v) is 2.96. The number of anilines is 1. The number of carbonyl (C=O) groups excluding carboxylic acids is 1. The molecule has 0 saturated carbocycles. The molecule has 1 amide bonds. The normalized spacial score (nSPS) is 16.6. The zero-order chi connectivity index (χ0) is 17.1. The van der Waals surface area contributed by atoms with Crippen LogP contribution in [0.25, 0.3) is 0 Å². The molecule has 1 aliphatic rings. The maximum atomic E-state index is 11.6. The number of nitrogens with zero attached hydrogens (tertiary/aromatic N) is 5. The zero-order valence-electron chi connectivity index (χ0n) is 14.4. The van der Waals surface area contributed by atoms with Crippen LogP contribution in [0.3, 0.4) is 0 Å². The number of likely N-dealkylation sites (N-methyl/N-ethyl adjacent to an activating group) is 1. The van der Waals surface area contributed by atoms with Gasteiger partial charge in [0.05, 0.1) is 11.7 Å². The number of amides is 1. The van der Waals surface area contributed by atoms with E-state index in [1.807, 2.05) is 49.3 Å². The number of pyridine rings is 1. The van der Waals surface area contributed by atoms with Crippen LogP contribution in [0.5, 0.6) is 0 Å². The molecular weight excluding hydrogens is 302 g/mol. The number of aryl methyl sites for hydroxylation is 1. The highest BCUT2D eigenvalue weighted by molar-refractivity contribution is 5.74. The van der Waals surface area contributed by atoms with Crippen molar-refractivity contribution in [3.8, 4) is 0 Å². The lowest BCUT2D eigenvalue weighted by atomic mass is 9.99. The SMILES string of the molecule is CC(=O)N1CC[C@@H]1c1cc(N(C)CCc2ccccn2)nc(C)n1. The van der Waals surface area contributed by atoms with Gasteiger partial charge in [-0.05, 0) is 25.5 Å². The second-order valence-corrected chi connectivity index (χ2v) is 6.21. The Labute approximate surface area is 142 Å². The van der Waals surface area contributed by atoms with Crippen LogP contribution in [-0.4, -0.2) is 45.9 Å². The predicted octanol–water partition coefficient (Wildman–Crippen LogP) is 2.15. The number of aromatic nitrogens is 3. The molecule has 24 heavy (non-hydrogen) atoms. The maximum Gasteiger partial charge on any atom is 0.220 e. The summed E-state index contributed by atoms with van der Waals surface area (Å²) in [6.45, 7) is 5.15. The third kappa shape index (κ3) is 3.53. The van der Waals surface area contributed by atoms with E-state index in [0.717, 1.165) is 49.0 Å². The van der Waals surface area contributed by atoms with Crippen LogP contribution in [0.2, 0.25) is 0 Å². The standard InChI is InChI=1S/C18H23N5O/c1-13-20-16(17-8-11-23(17)14(2)24)12-18(21-13)22(3)10-7-15-6-4-5-9-19-15/h4-6,9,12,17H,7-8,10-11H2,1-3H3/t17-/m1/s1. The van der Waals surface area contributed by atoms with E-state index in [1.54, 1.807) is 6.92 Å². The average Bonchev–Trinajstić information content (AvgIpc) is 2.51. The topological polar surface area (TPSA) is 62.2 Å². The third-order valence-electron chi connectivity index (χ3n) is 4.43. The lowest BCUT2D eigenvalue weighted by Crippen LogP contribution is -2.44. The van der Waals surface area contributed by atoms with Crippen LogP contribution >= 0.6 is 0 Å². The summed E-state index contributed by atoms with van der Waals surface area (Å²) in [4.78, 5) is 29.1. The number of hydrogen-bond donors (Lipinski definition) is 0. The molecule has 0 unspecified atom stereocenters. The predicted molar refractivity (Wildman–Crippen MR) is 92.7 cm³/mol. The smallest absolute Gasteiger partial charge is 0.220 e. The third-order valence-corrected chi connectivity index (χ3v) is 4.43. The Morgan fingerprint density at radius 2 is 2.21 bits per heavy atom. The number of hydrogen-bond acceptors (Lipinski definition) is 5. The Bertz CT molecular complexity index is 719. The minimum Gasteiger partial charge on any atom is -0.359 e. The highest BCUT2D eigenvalue weighted by atomic mass is 16.2. The Kier molecular flexibility index (Phi) is 4.74. The first-order chi connectivity index (χ1) is 11.5. The first-order valence-corrected chi connectivity index (χ1v) is 8.28. The van der Waals surface area contributed by atoms with Crippen LogP contribution in [0.15, 0.2) is 30.5 Å². The molecule has 0 spiro atoms. The van der Waals surface area contributed by atoms with E-state index in [1.165, 1.54) is 0 Å². The zero-order valence-corrected chi connectivity index (χ0v) is 14.4. The van der Waals surface area contributed by atoms with Crippen molar-refractivity contribution in [2.24, 2.45) is 0 Å². The summed E-state index contributed by atoms with van der Waals surface area (Å²) < 4.78 is 0. The van der Waals surface area contributed by atoms with Crippen molar-refractivity contribution in [3.05, 3.63) is 47.7 Å². The van der Waals surface area contributed by atoms with Gasteiger partial charge in [-0.25, -0.2) is 9.97 Å². The van der Waals surface area contributed by atoms with E-state index in [-0.39, 0.29) is 11.9 Å². The minimum atomic E-state index is 0.0899. The van der Waals surface area contributed by atoms with Crippen molar-refractivity contribution in [1.29, 1.82) is 0 Å². The maximum absolute atomic E-state index is 11.6. The molecule has 0 bridgehead atoms. The van der Waals surface area contributed by atoms with Crippen molar-refractivity contribution in [2.75, 3.05) is 25.0 Å². The molecule has 126 valence electrons. The van der Waals surface area contributed by atoms with Gasteiger partial charge < -0.3 is 9.80 Å². The average molecular weight is 325 g/mol. The molecule has 3 heterocycles. The molecule has 2 aromatic rings. The molecule has 0 radical (unpaired) electrons. The molecule has 6 heteroatoms. The van der Waals surface area contributed by atoms with Gasteiger partial charge >= 0.3 is 0 Å². The summed E-state index contributed by atoms with van der Waals surface area (Å²) >= 11 is 0. The van der Waals surface area contributed by atoms with Gasteiger partial charge in [-0.3, -0.25) is 9.78 Å². The first kappa shape index (κ1) is 16.4. The van der Waals surface area contributed by atoms with Crippen LogP contribution in [-0.2, 0) is 11.2 Å². The van der Waals surface area contributed by atoms with Gasteiger partial charge in [0.25, 0.3) is 0 Å². The highest BCUT2D eigenvalue weighted by Gasteiger charge is 2.33. The lowest BCUT2D eigenvalue weighted by Gasteiger charge is -2.40. The van der Waals surface area contributed by atoms with Crippen molar-refractivity contribution in [2.45, 2.75) is 32.7 Å². The molecule has 1 aliphatic heterocycles. The van der Waals surface area contributed by atoms with Gasteiger partial charge in [-0.15, -0.1) is 0 Å². The Balaban J connectivity index is 1.72. The molecular formula is C18H23N5O. The summed E-state index contributed by atoms with van der Waals surface area (Å²) in [5.41, 5.74) is 2.00. The number of likely N-dealkylation sites (tertiary alicyclic amines) is 1. The largest absolute Gasteiger partial charge is 0.359 e. The van der Waals surface area contributed by atoms with E-state index in [0.29, 0.717) is 0 Å².